The van der Waals surface area contributed by atoms with E-state index in [0.29, 0.717) is 13.0 Å². The standard InChI is InChI=1S/C14H26N2O3/c1-2-3-4-5-6-13(17)16-11-9-15(10-12-16)8-7-14(18)19/h2-12H2,1H3,(H,18,19). The number of hydrogen-bond donors (Lipinski definition) is 1. The first-order valence-electron chi connectivity index (χ1n) is 7.35. The van der Waals surface area contributed by atoms with Crippen molar-refractivity contribution in [3.05, 3.63) is 0 Å². The lowest BCUT2D eigenvalue weighted by Crippen LogP contribution is -2.49. The van der Waals surface area contributed by atoms with E-state index in [9.17, 15) is 9.59 Å². The van der Waals surface area contributed by atoms with Crippen molar-refractivity contribution in [3.63, 3.8) is 0 Å². The number of nitrogens with zero attached hydrogens (tertiary/aromatic N) is 2. The van der Waals surface area contributed by atoms with E-state index in [1.807, 2.05) is 4.90 Å². The number of carboxylic acid groups (broad SMARTS) is 1. The van der Waals surface area contributed by atoms with Crippen LogP contribution < -0.4 is 0 Å². The van der Waals surface area contributed by atoms with Crippen LogP contribution in [0.4, 0.5) is 0 Å². The molecule has 110 valence electrons. The molecule has 19 heavy (non-hydrogen) atoms. The van der Waals surface area contributed by atoms with E-state index in [1.165, 1.54) is 12.8 Å². The van der Waals surface area contributed by atoms with Gasteiger partial charge >= 0.3 is 5.97 Å². The van der Waals surface area contributed by atoms with Gasteiger partial charge in [-0.2, -0.15) is 0 Å². The third kappa shape index (κ3) is 6.57. The molecule has 1 saturated heterocycles. The summed E-state index contributed by atoms with van der Waals surface area (Å²) < 4.78 is 0. The van der Waals surface area contributed by atoms with E-state index >= 15 is 0 Å². The first-order chi connectivity index (χ1) is 9.13. The van der Waals surface area contributed by atoms with E-state index in [4.69, 9.17) is 5.11 Å². The summed E-state index contributed by atoms with van der Waals surface area (Å²) in [5.74, 6) is -0.497. The molecule has 1 amide bonds. The monoisotopic (exact) mass is 270 g/mol. The van der Waals surface area contributed by atoms with Crippen LogP contribution >= 0.6 is 0 Å². The molecule has 1 fully saturated rings. The van der Waals surface area contributed by atoms with Gasteiger partial charge in [0.25, 0.3) is 0 Å². The smallest absolute Gasteiger partial charge is 0.304 e. The van der Waals surface area contributed by atoms with E-state index < -0.39 is 5.97 Å². The lowest BCUT2D eigenvalue weighted by Gasteiger charge is -2.34. The molecule has 0 unspecified atom stereocenters. The van der Waals surface area contributed by atoms with Crippen LogP contribution in [0.5, 0.6) is 0 Å². The zero-order valence-electron chi connectivity index (χ0n) is 11.9. The van der Waals surface area contributed by atoms with Crippen molar-refractivity contribution < 1.29 is 14.7 Å². The Balaban J connectivity index is 2.14. The van der Waals surface area contributed by atoms with Crippen molar-refractivity contribution in [2.45, 2.75) is 45.4 Å². The predicted octanol–water partition coefficient (Wildman–Crippen LogP) is 1.58. The molecule has 0 bridgehead atoms. The summed E-state index contributed by atoms with van der Waals surface area (Å²) in [6, 6.07) is 0. The third-order valence-electron chi connectivity index (χ3n) is 3.61. The largest absolute Gasteiger partial charge is 0.481 e. The highest BCUT2D eigenvalue weighted by Crippen LogP contribution is 2.08. The van der Waals surface area contributed by atoms with Crippen LogP contribution in [-0.2, 0) is 9.59 Å². The second-order valence-electron chi connectivity index (χ2n) is 5.18. The summed E-state index contributed by atoms with van der Waals surface area (Å²) in [7, 11) is 0. The van der Waals surface area contributed by atoms with Gasteiger partial charge in [-0.05, 0) is 6.42 Å². The van der Waals surface area contributed by atoms with Gasteiger partial charge in [0.05, 0.1) is 6.42 Å². The summed E-state index contributed by atoms with van der Waals surface area (Å²) in [5.41, 5.74) is 0. The fraction of sp³-hybridized carbons (Fsp3) is 0.857. The minimum absolute atomic E-state index is 0.185. The Morgan fingerprint density at radius 2 is 1.68 bits per heavy atom. The van der Waals surface area contributed by atoms with Crippen molar-refractivity contribution in [2.24, 2.45) is 0 Å². The number of rotatable bonds is 8. The molecule has 0 aromatic heterocycles. The average molecular weight is 270 g/mol. The maximum atomic E-state index is 11.9. The maximum Gasteiger partial charge on any atom is 0.304 e. The van der Waals surface area contributed by atoms with Crippen LogP contribution in [0.15, 0.2) is 0 Å². The van der Waals surface area contributed by atoms with Gasteiger partial charge < -0.3 is 10.0 Å². The Morgan fingerprint density at radius 3 is 2.26 bits per heavy atom. The van der Waals surface area contributed by atoms with E-state index in [0.717, 1.165) is 39.0 Å². The molecule has 0 spiro atoms. The first kappa shape index (κ1) is 16.0. The lowest BCUT2D eigenvalue weighted by molar-refractivity contribution is -0.138. The van der Waals surface area contributed by atoms with Crippen LogP contribution in [0.1, 0.15) is 45.4 Å². The number of unbranched alkanes of at least 4 members (excludes halogenated alkanes) is 3. The van der Waals surface area contributed by atoms with Gasteiger partial charge in [0.15, 0.2) is 0 Å². The molecule has 0 saturated carbocycles. The Morgan fingerprint density at radius 1 is 1.00 bits per heavy atom. The molecule has 1 N–H and O–H groups in total. The topological polar surface area (TPSA) is 60.9 Å². The molecule has 0 aliphatic carbocycles. The number of amides is 1. The second kappa shape index (κ2) is 8.91. The molecule has 1 aliphatic heterocycles. The molecule has 5 nitrogen and oxygen atoms in total. The summed E-state index contributed by atoms with van der Waals surface area (Å²) in [6.45, 7) is 5.84. The van der Waals surface area contributed by atoms with Crippen LogP contribution in [0.3, 0.4) is 0 Å². The molecule has 0 radical (unpaired) electrons. The van der Waals surface area contributed by atoms with Crippen molar-refractivity contribution in [1.82, 2.24) is 9.80 Å². The van der Waals surface area contributed by atoms with Crippen LogP contribution in [0.2, 0.25) is 0 Å². The molecule has 0 aromatic rings. The van der Waals surface area contributed by atoms with Gasteiger partial charge in [0.2, 0.25) is 5.91 Å². The average Bonchev–Trinajstić information content (AvgIpc) is 2.41. The lowest BCUT2D eigenvalue weighted by atomic mass is 10.1. The Hall–Kier alpha value is -1.10. The Bertz CT molecular complexity index is 286. The maximum absolute atomic E-state index is 11.9. The highest BCUT2D eigenvalue weighted by atomic mass is 16.4. The number of carbonyl (C=O) groups is 2. The SMILES string of the molecule is CCCCCCC(=O)N1CCN(CCC(=O)O)CC1. The van der Waals surface area contributed by atoms with Crippen molar-refractivity contribution in [3.8, 4) is 0 Å². The number of carboxylic acids is 1. The Kier molecular flexibility index (Phi) is 7.48. The summed E-state index contributed by atoms with van der Waals surface area (Å²) in [5, 5.41) is 8.63. The highest BCUT2D eigenvalue weighted by Gasteiger charge is 2.20. The Labute approximate surface area is 115 Å². The van der Waals surface area contributed by atoms with E-state index in [1.54, 1.807) is 0 Å². The fourth-order valence-corrected chi connectivity index (χ4v) is 2.34. The third-order valence-corrected chi connectivity index (χ3v) is 3.61. The van der Waals surface area contributed by atoms with Gasteiger partial charge in [0.1, 0.15) is 0 Å². The van der Waals surface area contributed by atoms with Gasteiger partial charge in [-0.3, -0.25) is 14.5 Å². The minimum atomic E-state index is -0.755. The number of hydrogen-bond acceptors (Lipinski definition) is 3. The molecule has 0 atom stereocenters. The summed E-state index contributed by atoms with van der Waals surface area (Å²) in [6.07, 6.45) is 5.37. The molecule has 1 rings (SSSR count). The zero-order chi connectivity index (χ0) is 14.1. The minimum Gasteiger partial charge on any atom is -0.481 e. The van der Waals surface area contributed by atoms with Crippen LogP contribution in [-0.4, -0.2) is 59.5 Å². The van der Waals surface area contributed by atoms with E-state index in [2.05, 4.69) is 11.8 Å². The molecular weight excluding hydrogens is 244 g/mol. The molecule has 1 aliphatic rings. The second-order valence-corrected chi connectivity index (χ2v) is 5.18. The quantitative estimate of drug-likeness (QED) is 0.680. The van der Waals surface area contributed by atoms with Crippen molar-refractivity contribution in [1.29, 1.82) is 0 Å². The molecular formula is C14H26N2O3. The van der Waals surface area contributed by atoms with Gasteiger partial charge in [0, 0.05) is 39.1 Å². The van der Waals surface area contributed by atoms with Crippen LogP contribution in [0.25, 0.3) is 0 Å². The fourth-order valence-electron chi connectivity index (χ4n) is 2.34. The molecule has 5 heteroatoms. The van der Waals surface area contributed by atoms with Crippen molar-refractivity contribution >= 4 is 11.9 Å². The van der Waals surface area contributed by atoms with Crippen molar-refractivity contribution in [2.75, 3.05) is 32.7 Å². The van der Waals surface area contributed by atoms with Gasteiger partial charge in [-0.1, -0.05) is 26.2 Å². The van der Waals surface area contributed by atoms with Gasteiger partial charge in [-0.15, -0.1) is 0 Å². The summed E-state index contributed by atoms with van der Waals surface area (Å²) in [4.78, 5) is 26.5. The number of aliphatic carboxylic acids is 1. The summed E-state index contributed by atoms with van der Waals surface area (Å²) >= 11 is 0. The normalized spacial score (nSPS) is 16.6. The number of carbonyl (C=O) groups excluding carboxylic acids is 1. The zero-order valence-corrected chi connectivity index (χ0v) is 11.9. The van der Waals surface area contributed by atoms with Gasteiger partial charge in [-0.25, -0.2) is 0 Å². The van der Waals surface area contributed by atoms with E-state index in [-0.39, 0.29) is 12.3 Å². The number of piperazine rings is 1. The predicted molar refractivity (Wildman–Crippen MR) is 74.0 cm³/mol. The highest BCUT2D eigenvalue weighted by molar-refractivity contribution is 5.76. The first-order valence-corrected chi connectivity index (χ1v) is 7.35. The van der Waals surface area contributed by atoms with Crippen LogP contribution in [0, 0.1) is 0 Å². The molecule has 1 heterocycles. The molecule has 0 aromatic carbocycles.